The van der Waals surface area contributed by atoms with Crippen molar-refractivity contribution in [3.63, 3.8) is 0 Å². The Kier molecular flexibility index (Phi) is 5.97. The van der Waals surface area contributed by atoms with E-state index in [0.29, 0.717) is 17.9 Å². The summed E-state index contributed by atoms with van der Waals surface area (Å²) in [4.78, 5) is 29.1. The molecule has 1 fully saturated rings. The van der Waals surface area contributed by atoms with Gasteiger partial charge in [0.25, 0.3) is 5.91 Å². The van der Waals surface area contributed by atoms with Crippen LogP contribution in [0, 0.1) is 13.8 Å². The van der Waals surface area contributed by atoms with Crippen LogP contribution in [0.2, 0.25) is 0 Å². The molecule has 1 aliphatic heterocycles. The molecule has 164 valence electrons. The summed E-state index contributed by atoms with van der Waals surface area (Å²) < 4.78 is 4.79. The number of hydrogen-bond acceptors (Lipinski definition) is 6. The van der Waals surface area contributed by atoms with Gasteiger partial charge in [0.05, 0.1) is 18.7 Å². The first-order valence-corrected chi connectivity index (χ1v) is 10.7. The molecule has 2 amide bonds. The van der Waals surface area contributed by atoms with E-state index in [9.17, 15) is 9.59 Å². The highest BCUT2D eigenvalue weighted by atomic mass is 16.5. The first-order valence-electron chi connectivity index (χ1n) is 10.7. The lowest BCUT2D eigenvalue weighted by Gasteiger charge is -2.33. The second kappa shape index (κ2) is 8.83. The van der Waals surface area contributed by atoms with Gasteiger partial charge in [-0.25, -0.2) is 9.78 Å². The zero-order valence-electron chi connectivity index (χ0n) is 18.2. The van der Waals surface area contributed by atoms with Gasteiger partial charge in [-0.15, -0.1) is 0 Å². The molecule has 1 aliphatic carbocycles. The molecule has 0 spiro atoms. The monoisotopic (exact) mass is 423 g/mol. The van der Waals surface area contributed by atoms with Gasteiger partial charge in [0, 0.05) is 18.3 Å². The minimum Gasteiger partial charge on any atom is -0.453 e. The van der Waals surface area contributed by atoms with E-state index >= 15 is 0 Å². The maximum absolute atomic E-state index is 12.5. The number of ether oxygens (including phenoxy) is 1. The van der Waals surface area contributed by atoms with E-state index in [-0.39, 0.29) is 18.0 Å². The number of methoxy groups -OCH3 is 1. The van der Waals surface area contributed by atoms with Crippen molar-refractivity contribution in [2.75, 3.05) is 17.7 Å². The fraction of sp³-hybridized carbons (Fsp3) is 0.435. The number of pyridine rings is 1. The second-order valence-corrected chi connectivity index (χ2v) is 8.24. The Bertz CT molecular complexity index is 1010. The summed E-state index contributed by atoms with van der Waals surface area (Å²) in [5, 5.41) is 12.7. The third-order valence-electron chi connectivity index (χ3n) is 6.08. The third kappa shape index (κ3) is 4.42. The summed E-state index contributed by atoms with van der Waals surface area (Å²) in [6, 6.07) is 7.97. The maximum Gasteiger partial charge on any atom is 0.407 e. The molecule has 0 bridgehead atoms. The Morgan fingerprint density at radius 3 is 2.68 bits per heavy atom. The van der Waals surface area contributed by atoms with E-state index in [4.69, 9.17) is 9.72 Å². The minimum absolute atomic E-state index is 0.0361. The Labute approximate surface area is 182 Å². The number of anilines is 3. The fourth-order valence-electron chi connectivity index (χ4n) is 4.40. The van der Waals surface area contributed by atoms with Gasteiger partial charge in [-0.05, 0) is 55.5 Å². The average Bonchev–Trinajstić information content (AvgIpc) is 3.15. The fourth-order valence-corrected chi connectivity index (χ4v) is 4.40. The van der Waals surface area contributed by atoms with Gasteiger partial charge in [-0.3, -0.25) is 4.79 Å². The maximum atomic E-state index is 12.5. The molecular weight excluding hydrogens is 394 g/mol. The highest BCUT2D eigenvalue weighted by Gasteiger charge is 2.31. The molecule has 2 aliphatic rings. The predicted molar refractivity (Wildman–Crippen MR) is 120 cm³/mol. The van der Waals surface area contributed by atoms with Crippen LogP contribution in [0.4, 0.5) is 22.1 Å². The first-order chi connectivity index (χ1) is 15.0. The van der Waals surface area contributed by atoms with E-state index in [1.807, 2.05) is 38.1 Å². The summed E-state index contributed by atoms with van der Waals surface area (Å²) in [7, 11) is 1.38. The molecular formula is C23H29N5O3. The summed E-state index contributed by atoms with van der Waals surface area (Å²) in [5.74, 6) is 1.15. The SMILES string of the molecule is COC(=O)N[C@H]1CCCC[C@H]1Nc1nc(Nc2cccc(C)c2)c2c(c1C)CNC2=O. The van der Waals surface area contributed by atoms with Gasteiger partial charge in [0.15, 0.2) is 0 Å². The lowest BCUT2D eigenvalue weighted by Crippen LogP contribution is -2.48. The number of rotatable bonds is 5. The molecule has 1 aromatic heterocycles. The molecule has 8 heteroatoms. The Hall–Kier alpha value is -3.29. The zero-order chi connectivity index (χ0) is 22.0. The molecule has 1 saturated carbocycles. The van der Waals surface area contributed by atoms with Crippen LogP contribution < -0.4 is 21.3 Å². The van der Waals surface area contributed by atoms with Gasteiger partial charge in [0.1, 0.15) is 11.6 Å². The Balaban J connectivity index is 1.66. The number of carbonyl (C=O) groups excluding carboxylic acids is 2. The van der Waals surface area contributed by atoms with Gasteiger partial charge in [0.2, 0.25) is 0 Å². The highest BCUT2D eigenvalue weighted by molar-refractivity contribution is 6.04. The van der Waals surface area contributed by atoms with Crippen molar-refractivity contribution in [3.05, 3.63) is 46.5 Å². The van der Waals surface area contributed by atoms with E-state index < -0.39 is 6.09 Å². The first kappa shape index (κ1) is 21.0. The number of hydrogen-bond donors (Lipinski definition) is 4. The highest BCUT2D eigenvalue weighted by Crippen LogP contribution is 2.33. The van der Waals surface area contributed by atoms with Crippen molar-refractivity contribution in [1.82, 2.24) is 15.6 Å². The molecule has 0 unspecified atom stereocenters. The summed E-state index contributed by atoms with van der Waals surface area (Å²) in [6.45, 7) is 4.49. The van der Waals surface area contributed by atoms with Crippen LogP contribution in [0.1, 0.15) is 52.7 Å². The van der Waals surface area contributed by atoms with E-state index in [1.54, 1.807) is 0 Å². The topological polar surface area (TPSA) is 104 Å². The van der Waals surface area contributed by atoms with Crippen LogP contribution in [0.3, 0.4) is 0 Å². The van der Waals surface area contributed by atoms with Crippen LogP contribution in [0.25, 0.3) is 0 Å². The van der Waals surface area contributed by atoms with Gasteiger partial charge in [-0.2, -0.15) is 0 Å². The normalized spacial score (nSPS) is 19.9. The molecule has 8 nitrogen and oxygen atoms in total. The molecule has 4 N–H and O–H groups in total. The van der Waals surface area contributed by atoms with E-state index in [0.717, 1.165) is 53.9 Å². The molecule has 31 heavy (non-hydrogen) atoms. The van der Waals surface area contributed by atoms with Crippen molar-refractivity contribution in [1.29, 1.82) is 0 Å². The standard InChI is InChI=1S/C23H29N5O3/c1-13-7-6-8-15(11-13)25-21-19-16(12-24-22(19)29)14(2)20(28-21)26-17-9-4-5-10-18(17)27-23(30)31-3/h6-8,11,17-18H,4-5,9-10,12H2,1-3H3,(H,24,29)(H,27,30)(H2,25,26,28)/t17-,18+/m1/s1. The Morgan fingerprint density at radius 2 is 1.94 bits per heavy atom. The summed E-state index contributed by atoms with van der Waals surface area (Å²) in [6.07, 6.45) is 3.52. The quantitative estimate of drug-likeness (QED) is 0.584. The molecule has 0 radical (unpaired) electrons. The minimum atomic E-state index is -0.422. The van der Waals surface area contributed by atoms with Crippen molar-refractivity contribution in [2.24, 2.45) is 0 Å². The number of amides is 2. The van der Waals surface area contributed by atoms with Crippen molar-refractivity contribution < 1.29 is 14.3 Å². The van der Waals surface area contributed by atoms with Crippen LogP contribution in [0.5, 0.6) is 0 Å². The molecule has 2 atom stereocenters. The average molecular weight is 424 g/mol. The van der Waals surface area contributed by atoms with Crippen LogP contribution >= 0.6 is 0 Å². The number of nitrogens with one attached hydrogen (secondary N) is 4. The largest absolute Gasteiger partial charge is 0.453 e. The molecule has 2 heterocycles. The van der Waals surface area contributed by atoms with Gasteiger partial charge < -0.3 is 26.0 Å². The number of aryl methyl sites for hydroxylation is 1. The number of alkyl carbamates (subject to hydrolysis) is 1. The van der Waals surface area contributed by atoms with Crippen molar-refractivity contribution in [3.8, 4) is 0 Å². The number of aromatic nitrogens is 1. The molecule has 4 rings (SSSR count). The van der Waals surface area contributed by atoms with E-state index in [1.165, 1.54) is 7.11 Å². The van der Waals surface area contributed by atoms with Crippen LogP contribution in [-0.2, 0) is 11.3 Å². The lowest BCUT2D eigenvalue weighted by atomic mass is 9.90. The number of fused-ring (bicyclic) bond motifs is 1. The second-order valence-electron chi connectivity index (χ2n) is 8.24. The Morgan fingerprint density at radius 1 is 1.16 bits per heavy atom. The van der Waals surface area contributed by atoms with Crippen LogP contribution in [-0.4, -0.2) is 36.2 Å². The number of carbonyl (C=O) groups is 2. The zero-order valence-corrected chi connectivity index (χ0v) is 18.2. The van der Waals surface area contributed by atoms with Gasteiger partial charge in [-0.1, -0.05) is 25.0 Å². The predicted octanol–water partition coefficient (Wildman–Crippen LogP) is 3.76. The van der Waals surface area contributed by atoms with Gasteiger partial charge >= 0.3 is 6.09 Å². The molecule has 0 saturated heterocycles. The third-order valence-corrected chi connectivity index (χ3v) is 6.08. The van der Waals surface area contributed by atoms with Crippen molar-refractivity contribution >= 4 is 29.3 Å². The van der Waals surface area contributed by atoms with E-state index in [2.05, 4.69) is 21.3 Å². The summed E-state index contributed by atoms with van der Waals surface area (Å²) >= 11 is 0. The lowest BCUT2D eigenvalue weighted by molar-refractivity contribution is 0.0966. The van der Waals surface area contributed by atoms with Crippen molar-refractivity contribution in [2.45, 2.75) is 58.2 Å². The molecule has 2 aromatic rings. The number of benzene rings is 1. The van der Waals surface area contributed by atoms with Crippen LogP contribution in [0.15, 0.2) is 24.3 Å². The smallest absolute Gasteiger partial charge is 0.407 e. The molecule has 1 aromatic carbocycles. The number of nitrogens with zero attached hydrogens (tertiary/aromatic N) is 1. The summed E-state index contributed by atoms with van der Waals surface area (Å²) in [5.41, 5.74) is 4.50.